The van der Waals surface area contributed by atoms with Crippen LogP contribution in [0.2, 0.25) is 0 Å². The Morgan fingerprint density at radius 3 is 2.27 bits per heavy atom. The fourth-order valence-corrected chi connectivity index (χ4v) is 4.53. The summed E-state index contributed by atoms with van der Waals surface area (Å²) in [5.41, 5.74) is 0.911. The molecule has 0 saturated carbocycles. The normalized spacial score (nSPS) is 11.8. The lowest BCUT2D eigenvalue weighted by Gasteiger charge is -2.32. The van der Waals surface area contributed by atoms with Crippen molar-refractivity contribution in [1.29, 1.82) is 0 Å². The SMILES string of the molecule is CCCCNC(=O)C(C)N(Cc1cccc(OC)c1)C(=O)CN(c1ccc(OC)cc1OC)S(C)(=O)=O. The fraction of sp³-hybridized carbons (Fsp3) is 0.462. The van der Waals surface area contributed by atoms with Crippen LogP contribution < -0.4 is 23.8 Å². The van der Waals surface area contributed by atoms with E-state index in [-0.39, 0.29) is 23.9 Å². The minimum atomic E-state index is -3.90. The first-order chi connectivity index (χ1) is 17.5. The molecular weight excluding hydrogens is 498 g/mol. The van der Waals surface area contributed by atoms with Crippen molar-refractivity contribution >= 4 is 27.5 Å². The maximum Gasteiger partial charge on any atom is 0.244 e. The molecule has 0 bridgehead atoms. The van der Waals surface area contributed by atoms with Crippen LogP contribution in [0.1, 0.15) is 32.3 Å². The van der Waals surface area contributed by atoms with E-state index in [9.17, 15) is 18.0 Å². The van der Waals surface area contributed by atoms with Gasteiger partial charge >= 0.3 is 0 Å². The number of hydrogen-bond donors (Lipinski definition) is 1. The highest BCUT2D eigenvalue weighted by Gasteiger charge is 2.31. The van der Waals surface area contributed by atoms with Crippen molar-refractivity contribution < 1.29 is 32.2 Å². The van der Waals surface area contributed by atoms with Crippen LogP contribution in [0.15, 0.2) is 42.5 Å². The predicted octanol–water partition coefficient (Wildman–Crippen LogP) is 2.81. The first-order valence-corrected chi connectivity index (χ1v) is 13.8. The van der Waals surface area contributed by atoms with E-state index < -0.39 is 28.5 Å². The number of sulfonamides is 1. The maximum atomic E-state index is 13.7. The number of nitrogens with one attached hydrogen (secondary N) is 1. The lowest BCUT2D eigenvalue weighted by Crippen LogP contribution is -2.51. The van der Waals surface area contributed by atoms with E-state index in [1.54, 1.807) is 31.2 Å². The molecule has 2 aromatic rings. The average Bonchev–Trinajstić information content (AvgIpc) is 2.89. The van der Waals surface area contributed by atoms with Crippen LogP contribution >= 0.6 is 0 Å². The topological polar surface area (TPSA) is 114 Å². The molecule has 0 radical (unpaired) electrons. The number of ether oxygens (including phenoxy) is 3. The highest BCUT2D eigenvalue weighted by Crippen LogP contribution is 2.33. The monoisotopic (exact) mass is 535 g/mol. The molecule has 0 heterocycles. The molecule has 0 spiro atoms. The van der Waals surface area contributed by atoms with Crippen LogP contribution in [0.3, 0.4) is 0 Å². The van der Waals surface area contributed by atoms with Gasteiger partial charge < -0.3 is 24.4 Å². The summed E-state index contributed by atoms with van der Waals surface area (Å²) in [7, 11) is 0.521. The van der Waals surface area contributed by atoms with Gasteiger partial charge in [-0.05, 0) is 43.2 Å². The Morgan fingerprint density at radius 2 is 1.68 bits per heavy atom. The van der Waals surface area contributed by atoms with E-state index in [1.807, 2.05) is 13.0 Å². The van der Waals surface area contributed by atoms with Crippen molar-refractivity contribution in [2.45, 2.75) is 39.3 Å². The molecule has 0 aromatic heterocycles. The number of benzene rings is 2. The Labute approximate surface area is 219 Å². The van der Waals surface area contributed by atoms with Gasteiger partial charge in [-0.3, -0.25) is 13.9 Å². The molecule has 2 amide bonds. The summed E-state index contributed by atoms with van der Waals surface area (Å²) < 4.78 is 42.4. The molecule has 2 aromatic carbocycles. The molecule has 2 rings (SSSR count). The third-order valence-corrected chi connectivity index (χ3v) is 6.95. The second-order valence-corrected chi connectivity index (χ2v) is 10.4. The van der Waals surface area contributed by atoms with Gasteiger partial charge in [0.05, 0.1) is 33.3 Å². The number of amides is 2. The van der Waals surface area contributed by atoms with Crippen molar-refractivity contribution in [2.24, 2.45) is 0 Å². The highest BCUT2D eigenvalue weighted by molar-refractivity contribution is 7.92. The number of rotatable bonds is 14. The molecule has 1 unspecified atom stereocenters. The quantitative estimate of drug-likeness (QED) is 0.370. The maximum absolute atomic E-state index is 13.7. The first-order valence-electron chi connectivity index (χ1n) is 12.0. The number of hydrogen-bond acceptors (Lipinski definition) is 7. The molecule has 1 N–H and O–H groups in total. The first kappa shape index (κ1) is 29.8. The van der Waals surface area contributed by atoms with Crippen molar-refractivity contribution in [1.82, 2.24) is 10.2 Å². The molecule has 0 aliphatic carbocycles. The van der Waals surface area contributed by atoms with Crippen LogP contribution in [0.25, 0.3) is 0 Å². The van der Waals surface area contributed by atoms with Crippen molar-refractivity contribution in [3.63, 3.8) is 0 Å². The van der Waals surface area contributed by atoms with E-state index in [0.29, 0.717) is 18.0 Å². The molecule has 0 aliphatic heterocycles. The van der Waals surface area contributed by atoms with Gasteiger partial charge in [0.15, 0.2) is 0 Å². The largest absolute Gasteiger partial charge is 0.497 e. The van der Waals surface area contributed by atoms with Crippen molar-refractivity contribution in [3.8, 4) is 17.2 Å². The summed E-state index contributed by atoms with van der Waals surface area (Å²) in [6.45, 7) is 3.67. The Balaban J connectivity index is 2.44. The molecule has 1 atom stereocenters. The zero-order valence-electron chi connectivity index (χ0n) is 22.3. The summed E-state index contributed by atoms with van der Waals surface area (Å²) in [5, 5.41) is 2.85. The van der Waals surface area contributed by atoms with Gasteiger partial charge in [0.1, 0.15) is 29.8 Å². The summed E-state index contributed by atoms with van der Waals surface area (Å²) in [6.07, 6.45) is 2.73. The van der Waals surface area contributed by atoms with Gasteiger partial charge in [0.2, 0.25) is 21.8 Å². The molecule has 10 nitrogen and oxygen atoms in total. The number of carbonyl (C=O) groups is 2. The molecule has 11 heteroatoms. The summed E-state index contributed by atoms with van der Waals surface area (Å²) in [4.78, 5) is 27.9. The number of unbranched alkanes of at least 4 members (excludes halogenated alkanes) is 1. The number of carbonyl (C=O) groups excluding carboxylic acids is 2. The van der Waals surface area contributed by atoms with Crippen molar-refractivity contribution in [3.05, 3.63) is 48.0 Å². The Kier molecular flexibility index (Phi) is 11.0. The second-order valence-electron chi connectivity index (χ2n) is 8.50. The third kappa shape index (κ3) is 8.28. The van der Waals surface area contributed by atoms with Gasteiger partial charge in [-0.1, -0.05) is 25.5 Å². The van der Waals surface area contributed by atoms with Gasteiger partial charge in [0, 0.05) is 19.2 Å². The summed E-state index contributed by atoms with van der Waals surface area (Å²) in [6, 6.07) is 10.9. The fourth-order valence-electron chi connectivity index (χ4n) is 3.67. The molecule has 37 heavy (non-hydrogen) atoms. The standard InChI is InChI=1S/C26H37N3O7S/c1-7-8-14-27-26(31)19(2)28(17-20-10-9-11-21(15-20)34-3)25(30)18-29(37(6,32)33)23-13-12-22(35-4)16-24(23)36-5/h9-13,15-16,19H,7-8,14,17-18H2,1-6H3,(H,27,31). The highest BCUT2D eigenvalue weighted by atomic mass is 32.2. The van der Waals surface area contributed by atoms with E-state index in [2.05, 4.69) is 5.32 Å². The number of anilines is 1. The summed E-state index contributed by atoms with van der Waals surface area (Å²) in [5.74, 6) is 0.423. The van der Waals surface area contributed by atoms with Gasteiger partial charge in [-0.15, -0.1) is 0 Å². The van der Waals surface area contributed by atoms with Crippen LogP contribution in [0, 0.1) is 0 Å². The van der Waals surface area contributed by atoms with Crippen molar-refractivity contribution in [2.75, 3.05) is 45.0 Å². The van der Waals surface area contributed by atoms with E-state index in [0.717, 1.165) is 29.0 Å². The number of methoxy groups -OCH3 is 3. The Hall–Kier alpha value is -3.47. The van der Waals surface area contributed by atoms with Crippen LogP contribution in [0.4, 0.5) is 5.69 Å². The molecule has 0 fully saturated rings. The molecule has 0 saturated heterocycles. The van der Waals surface area contributed by atoms with Gasteiger partial charge in [0.25, 0.3) is 0 Å². The summed E-state index contributed by atoms with van der Waals surface area (Å²) >= 11 is 0. The smallest absolute Gasteiger partial charge is 0.244 e. The minimum Gasteiger partial charge on any atom is -0.497 e. The predicted molar refractivity (Wildman–Crippen MR) is 143 cm³/mol. The van der Waals surface area contributed by atoms with E-state index in [1.165, 1.54) is 38.4 Å². The Morgan fingerprint density at radius 1 is 1.00 bits per heavy atom. The van der Waals surface area contributed by atoms with Gasteiger partial charge in [-0.2, -0.15) is 0 Å². The third-order valence-electron chi connectivity index (χ3n) is 5.82. The van der Waals surface area contributed by atoms with Crippen LogP contribution in [-0.2, 0) is 26.2 Å². The average molecular weight is 536 g/mol. The minimum absolute atomic E-state index is 0.0791. The zero-order chi connectivity index (χ0) is 27.6. The second kappa shape index (κ2) is 13.7. The number of nitrogens with zero attached hydrogens (tertiary/aromatic N) is 2. The molecular formula is C26H37N3O7S. The molecule has 0 aliphatic rings. The lowest BCUT2D eigenvalue weighted by atomic mass is 10.1. The van der Waals surface area contributed by atoms with E-state index >= 15 is 0 Å². The van der Waals surface area contributed by atoms with Crippen LogP contribution in [-0.4, -0.2) is 71.8 Å². The van der Waals surface area contributed by atoms with Crippen LogP contribution in [0.5, 0.6) is 17.2 Å². The zero-order valence-corrected chi connectivity index (χ0v) is 23.1. The Bertz CT molecular complexity index is 1170. The molecule has 204 valence electrons. The van der Waals surface area contributed by atoms with E-state index in [4.69, 9.17) is 14.2 Å². The lowest BCUT2D eigenvalue weighted by molar-refractivity contribution is -0.139. The van der Waals surface area contributed by atoms with Gasteiger partial charge in [-0.25, -0.2) is 8.42 Å².